The summed E-state index contributed by atoms with van der Waals surface area (Å²) in [5.74, 6) is 0.755. The number of ether oxygens (including phenoxy) is 1. The first-order valence-corrected chi connectivity index (χ1v) is 4.81. The molecule has 0 spiro atoms. The van der Waals surface area contributed by atoms with Crippen molar-refractivity contribution in [2.45, 2.75) is 6.04 Å². The molecule has 78 valence electrons. The van der Waals surface area contributed by atoms with E-state index in [9.17, 15) is 0 Å². The molecule has 1 aromatic rings. The maximum atomic E-state index is 6.08. The number of benzene rings is 1. The Kier molecular flexibility index (Phi) is 4.20. The van der Waals surface area contributed by atoms with Gasteiger partial charge in [-0.3, -0.25) is 0 Å². The summed E-state index contributed by atoms with van der Waals surface area (Å²) in [4.78, 5) is 0. The molecule has 0 aliphatic rings. The Labute approximate surface area is 89.2 Å². The van der Waals surface area contributed by atoms with E-state index in [0.29, 0.717) is 11.6 Å². The molecule has 4 heteroatoms. The summed E-state index contributed by atoms with van der Waals surface area (Å²) in [6.45, 7) is 0.516. The maximum Gasteiger partial charge on any atom is 0.120 e. The number of rotatable bonds is 4. The molecule has 0 bridgehead atoms. The molecule has 1 atom stereocenters. The lowest BCUT2D eigenvalue weighted by Gasteiger charge is -2.16. The zero-order valence-electron chi connectivity index (χ0n) is 8.38. The fourth-order valence-electron chi connectivity index (χ4n) is 1.32. The SMILES string of the molecule is CNC(CN)c1ccc(OC)cc1Cl. The lowest BCUT2D eigenvalue weighted by atomic mass is 10.1. The van der Waals surface area contributed by atoms with E-state index in [1.165, 1.54) is 0 Å². The Bertz CT molecular complexity index is 300. The number of likely N-dealkylation sites (N-methyl/N-ethyl adjacent to an activating group) is 1. The van der Waals surface area contributed by atoms with Gasteiger partial charge in [-0.2, -0.15) is 0 Å². The van der Waals surface area contributed by atoms with Gasteiger partial charge in [0.2, 0.25) is 0 Å². The molecule has 1 unspecified atom stereocenters. The monoisotopic (exact) mass is 214 g/mol. The Morgan fingerprint density at radius 1 is 1.57 bits per heavy atom. The van der Waals surface area contributed by atoms with Crippen LogP contribution in [0, 0.1) is 0 Å². The van der Waals surface area contributed by atoms with Gasteiger partial charge >= 0.3 is 0 Å². The van der Waals surface area contributed by atoms with Crippen LogP contribution in [-0.2, 0) is 0 Å². The number of hydrogen-bond donors (Lipinski definition) is 2. The second kappa shape index (κ2) is 5.20. The summed E-state index contributed by atoms with van der Waals surface area (Å²) in [5, 5.41) is 3.77. The van der Waals surface area contributed by atoms with E-state index in [0.717, 1.165) is 11.3 Å². The molecule has 14 heavy (non-hydrogen) atoms. The first kappa shape index (κ1) is 11.3. The van der Waals surface area contributed by atoms with Gasteiger partial charge in [-0.25, -0.2) is 0 Å². The minimum Gasteiger partial charge on any atom is -0.497 e. The smallest absolute Gasteiger partial charge is 0.120 e. The highest BCUT2D eigenvalue weighted by atomic mass is 35.5. The van der Waals surface area contributed by atoms with Crippen LogP contribution in [0.2, 0.25) is 5.02 Å². The zero-order chi connectivity index (χ0) is 10.6. The van der Waals surface area contributed by atoms with Crippen LogP contribution in [0.25, 0.3) is 0 Å². The Hall–Kier alpha value is -0.770. The highest BCUT2D eigenvalue weighted by Crippen LogP contribution is 2.26. The van der Waals surface area contributed by atoms with Crippen LogP contribution in [-0.4, -0.2) is 20.7 Å². The van der Waals surface area contributed by atoms with Crippen molar-refractivity contribution in [1.29, 1.82) is 0 Å². The van der Waals surface area contributed by atoms with Crippen molar-refractivity contribution in [3.63, 3.8) is 0 Å². The van der Waals surface area contributed by atoms with Crippen molar-refractivity contribution in [3.05, 3.63) is 28.8 Å². The highest BCUT2D eigenvalue weighted by molar-refractivity contribution is 6.31. The molecular weight excluding hydrogens is 200 g/mol. The van der Waals surface area contributed by atoms with Crippen molar-refractivity contribution in [2.75, 3.05) is 20.7 Å². The molecule has 3 N–H and O–H groups in total. The van der Waals surface area contributed by atoms with Crippen LogP contribution < -0.4 is 15.8 Å². The zero-order valence-corrected chi connectivity index (χ0v) is 9.14. The third kappa shape index (κ3) is 2.38. The van der Waals surface area contributed by atoms with E-state index in [4.69, 9.17) is 22.1 Å². The van der Waals surface area contributed by atoms with Crippen LogP contribution in [0.15, 0.2) is 18.2 Å². The predicted octanol–water partition coefficient (Wildman–Crippen LogP) is 1.57. The maximum absolute atomic E-state index is 6.08. The fourth-order valence-corrected chi connectivity index (χ4v) is 1.62. The van der Waals surface area contributed by atoms with Gasteiger partial charge in [0.1, 0.15) is 5.75 Å². The number of nitrogens with one attached hydrogen (secondary N) is 1. The number of methoxy groups -OCH3 is 1. The number of hydrogen-bond acceptors (Lipinski definition) is 3. The second-order valence-electron chi connectivity index (χ2n) is 2.96. The lowest BCUT2D eigenvalue weighted by molar-refractivity contribution is 0.414. The summed E-state index contributed by atoms with van der Waals surface area (Å²) in [7, 11) is 3.47. The summed E-state index contributed by atoms with van der Waals surface area (Å²) in [6, 6.07) is 5.68. The highest BCUT2D eigenvalue weighted by Gasteiger charge is 2.11. The van der Waals surface area contributed by atoms with Gasteiger partial charge in [0.15, 0.2) is 0 Å². The molecule has 1 rings (SSSR count). The first-order chi connectivity index (χ1) is 6.72. The predicted molar refractivity (Wildman–Crippen MR) is 58.9 cm³/mol. The molecule has 1 aromatic carbocycles. The van der Waals surface area contributed by atoms with E-state index in [2.05, 4.69) is 5.32 Å². The molecule has 0 saturated heterocycles. The van der Waals surface area contributed by atoms with Gasteiger partial charge in [0.05, 0.1) is 7.11 Å². The fraction of sp³-hybridized carbons (Fsp3) is 0.400. The molecule has 0 aromatic heterocycles. The molecule has 0 aliphatic heterocycles. The van der Waals surface area contributed by atoms with E-state index in [-0.39, 0.29) is 6.04 Å². The number of nitrogens with two attached hydrogens (primary N) is 1. The lowest BCUT2D eigenvalue weighted by Crippen LogP contribution is -2.25. The van der Waals surface area contributed by atoms with Crippen LogP contribution >= 0.6 is 11.6 Å². The van der Waals surface area contributed by atoms with Crippen LogP contribution in [0.3, 0.4) is 0 Å². The van der Waals surface area contributed by atoms with Crippen molar-refractivity contribution < 1.29 is 4.74 Å². The van der Waals surface area contributed by atoms with Crippen LogP contribution in [0.4, 0.5) is 0 Å². The molecule has 0 radical (unpaired) electrons. The van der Waals surface area contributed by atoms with E-state index in [1.54, 1.807) is 13.2 Å². The van der Waals surface area contributed by atoms with Crippen molar-refractivity contribution in [2.24, 2.45) is 5.73 Å². The average Bonchev–Trinajstić information content (AvgIpc) is 2.22. The second-order valence-corrected chi connectivity index (χ2v) is 3.37. The summed E-state index contributed by atoms with van der Waals surface area (Å²) in [6.07, 6.45) is 0. The third-order valence-corrected chi connectivity index (χ3v) is 2.49. The minimum absolute atomic E-state index is 0.0911. The van der Waals surface area contributed by atoms with Crippen molar-refractivity contribution in [1.82, 2.24) is 5.32 Å². The Morgan fingerprint density at radius 3 is 2.71 bits per heavy atom. The topological polar surface area (TPSA) is 47.3 Å². The van der Waals surface area contributed by atoms with Crippen LogP contribution in [0.5, 0.6) is 5.75 Å². The van der Waals surface area contributed by atoms with E-state index in [1.807, 2.05) is 19.2 Å². The molecule has 3 nitrogen and oxygen atoms in total. The first-order valence-electron chi connectivity index (χ1n) is 4.43. The van der Waals surface area contributed by atoms with Gasteiger partial charge in [-0.15, -0.1) is 0 Å². The van der Waals surface area contributed by atoms with Crippen molar-refractivity contribution in [3.8, 4) is 5.75 Å². The largest absolute Gasteiger partial charge is 0.497 e. The summed E-state index contributed by atoms with van der Waals surface area (Å²) >= 11 is 6.08. The quantitative estimate of drug-likeness (QED) is 0.800. The summed E-state index contributed by atoms with van der Waals surface area (Å²) < 4.78 is 5.06. The van der Waals surface area contributed by atoms with Crippen molar-refractivity contribution >= 4 is 11.6 Å². The van der Waals surface area contributed by atoms with Crippen LogP contribution in [0.1, 0.15) is 11.6 Å². The van der Waals surface area contributed by atoms with E-state index < -0.39 is 0 Å². The van der Waals surface area contributed by atoms with Gasteiger partial charge in [0.25, 0.3) is 0 Å². The molecular formula is C10H15ClN2O. The molecule has 0 amide bonds. The summed E-state index contributed by atoms with van der Waals surface area (Å²) in [5.41, 5.74) is 6.60. The standard InChI is InChI=1S/C10H15ClN2O/c1-13-10(6-12)8-4-3-7(14-2)5-9(8)11/h3-5,10,13H,6,12H2,1-2H3. The van der Waals surface area contributed by atoms with Gasteiger partial charge < -0.3 is 15.8 Å². The molecule has 0 heterocycles. The Balaban J connectivity index is 2.98. The molecule has 0 fully saturated rings. The van der Waals surface area contributed by atoms with E-state index >= 15 is 0 Å². The molecule has 0 aliphatic carbocycles. The molecule has 0 saturated carbocycles. The van der Waals surface area contributed by atoms with Gasteiger partial charge in [-0.05, 0) is 24.7 Å². The number of halogens is 1. The normalized spacial score (nSPS) is 12.6. The van der Waals surface area contributed by atoms with Gasteiger partial charge in [0, 0.05) is 17.6 Å². The average molecular weight is 215 g/mol. The minimum atomic E-state index is 0.0911. The third-order valence-electron chi connectivity index (χ3n) is 2.17. The Morgan fingerprint density at radius 2 is 2.29 bits per heavy atom. The van der Waals surface area contributed by atoms with Gasteiger partial charge in [-0.1, -0.05) is 17.7 Å².